The number of oxazole rings is 1. The van der Waals surface area contributed by atoms with Crippen molar-refractivity contribution in [2.24, 2.45) is 5.73 Å². The molecular formula is C15H12N2O3. The molecule has 5 nitrogen and oxygen atoms in total. The third kappa shape index (κ3) is 2.09. The van der Waals surface area contributed by atoms with Crippen molar-refractivity contribution in [1.82, 2.24) is 4.98 Å². The Morgan fingerprint density at radius 1 is 1.20 bits per heavy atom. The van der Waals surface area contributed by atoms with Crippen molar-refractivity contribution < 1.29 is 13.9 Å². The minimum Gasteiger partial charge on any atom is -0.497 e. The quantitative estimate of drug-likeness (QED) is 0.792. The molecule has 100 valence electrons. The summed E-state index contributed by atoms with van der Waals surface area (Å²) in [6.07, 6.45) is 0. The lowest BCUT2D eigenvalue weighted by molar-refractivity contribution is 0.100. The molecule has 20 heavy (non-hydrogen) atoms. The molecule has 3 rings (SSSR count). The number of primary amides is 1. The fourth-order valence-electron chi connectivity index (χ4n) is 1.94. The molecule has 0 aliphatic rings. The fourth-order valence-corrected chi connectivity index (χ4v) is 1.94. The van der Waals surface area contributed by atoms with E-state index in [-0.39, 0.29) is 0 Å². The molecule has 0 bridgehead atoms. The Hall–Kier alpha value is -2.82. The Labute approximate surface area is 115 Å². The second-order valence-corrected chi connectivity index (χ2v) is 4.29. The van der Waals surface area contributed by atoms with Crippen molar-refractivity contribution in [2.45, 2.75) is 0 Å². The van der Waals surface area contributed by atoms with Gasteiger partial charge < -0.3 is 14.9 Å². The maximum absolute atomic E-state index is 11.1. The first kappa shape index (κ1) is 12.2. The highest BCUT2D eigenvalue weighted by Crippen LogP contribution is 2.26. The number of rotatable bonds is 3. The highest BCUT2D eigenvalue weighted by Gasteiger charge is 2.10. The Bertz CT molecular complexity index is 775. The molecule has 5 heteroatoms. The van der Waals surface area contributed by atoms with Crippen molar-refractivity contribution in [3.05, 3.63) is 48.0 Å². The van der Waals surface area contributed by atoms with Gasteiger partial charge in [0.15, 0.2) is 5.58 Å². The summed E-state index contributed by atoms with van der Waals surface area (Å²) in [5.74, 6) is 0.769. The SMILES string of the molecule is COc1ccc(-c2nc3cc(C(N)=O)ccc3o2)cc1. The first-order valence-corrected chi connectivity index (χ1v) is 6.02. The van der Waals surface area contributed by atoms with Crippen LogP contribution in [0.5, 0.6) is 5.75 Å². The summed E-state index contributed by atoms with van der Waals surface area (Å²) < 4.78 is 10.8. The van der Waals surface area contributed by atoms with Gasteiger partial charge in [-0.25, -0.2) is 4.98 Å². The van der Waals surface area contributed by atoms with Crippen LogP contribution >= 0.6 is 0 Å². The summed E-state index contributed by atoms with van der Waals surface area (Å²) in [6, 6.07) is 12.3. The number of methoxy groups -OCH3 is 1. The maximum atomic E-state index is 11.1. The topological polar surface area (TPSA) is 78.4 Å². The lowest BCUT2D eigenvalue weighted by atomic mass is 10.2. The van der Waals surface area contributed by atoms with Gasteiger partial charge in [0.2, 0.25) is 11.8 Å². The van der Waals surface area contributed by atoms with E-state index in [2.05, 4.69) is 4.98 Å². The zero-order chi connectivity index (χ0) is 14.1. The smallest absolute Gasteiger partial charge is 0.248 e. The van der Waals surface area contributed by atoms with Crippen molar-refractivity contribution in [2.75, 3.05) is 7.11 Å². The van der Waals surface area contributed by atoms with E-state index in [1.165, 1.54) is 0 Å². The van der Waals surface area contributed by atoms with Crippen LogP contribution in [0.15, 0.2) is 46.9 Å². The van der Waals surface area contributed by atoms with Crippen molar-refractivity contribution in [3.63, 3.8) is 0 Å². The maximum Gasteiger partial charge on any atom is 0.248 e. The first-order valence-electron chi connectivity index (χ1n) is 6.02. The number of aromatic nitrogens is 1. The van der Waals surface area contributed by atoms with Crippen LogP contribution in [-0.2, 0) is 0 Å². The van der Waals surface area contributed by atoms with E-state index in [4.69, 9.17) is 14.9 Å². The van der Waals surface area contributed by atoms with E-state index in [1.807, 2.05) is 24.3 Å². The number of nitrogens with two attached hydrogens (primary N) is 1. The van der Waals surface area contributed by atoms with Gasteiger partial charge in [-0.05, 0) is 42.5 Å². The van der Waals surface area contributed by atoms with Gasteiger partial charge in [0.05, 0.1) is 7.11 Å². The summed E-state index contributed by atoms with van der Waals surface area (Å²) in [6.45, 7) is 0. The van der Waals surface area contributed by atoms with Crippen LogP contribution in [0.1, 0.15) is 10.4 Å². The molecule has 2 N–H and O–H groups in total. The zero-order valence-electron chi connectivity index (χ0n) is 10.8. The predicted octanol–water partition coefficient (Wildman–Crippen LogP) is 2.60. The molecule has 0 spiro atoms. The van der Waals surface area contributed by atoms with Gasteiger partial charge >= 0.3 is 0 Å². The fraction of sp³-hybridized carbons (Fsp3) is 0.0667. The van der Waals surface area contributed by atoms with Crippen molar-refractivity contribution in [3.8, 4) is 17.2 Å². The molecule has 1 aromatic heterocycles. The number of nitrogens with zero attached hydrogens (tertiary/aromatic N) is 1. The van der Waals surface area contributed by atoms with Crippen LogP contribution in [0.25, 0.3) is 22.6 Å². The molecule has 1 amide bonds. The summed E-state index contributed by atoms with van der Waals surface area (Å²) in [4.78, 5) is 15.5. The largest absolute Gasteiger partial charge is 0.497 e. The average molecular weight is 268 g/mol. The Morgan fingerprint density at radius 3 is 2.60 bits per heavy atom. The molecule has 2 aromatic carbocycles. The molecule has 0 atom stereocenters. The lowest BCUT2D eigenvalue weighted by Crippen LogP contribution is -2.10. The highest BCUT2D eigenvalue weighted by molar-refractivity contribution is 5.96. The van der Waals surface area contributed by atoms with Crippen LogP contribution in [0.4, 0.5) is 0 Å². The van der Waals surface area contributed by atoms with Gasteiger partial charge in [0, 0.05) is 11.1 Å². The van der Waals surface area contributed by atoms with Crippen LogP contribution in [0.2, 0.25) is 0 Å². The standard InChI is InChI=1S/C15H12N2O3/c1-19-11-5-2-9(3-6-11)15-17-12-8-10(14(16)18)4-7-13(12)20-15/h2-8H,1H3,(H2,16,18). The molecule has 0 fully saturated rings. The van der Waals surface area contributed by atoms with Crippen LogP contribution < -0.4 is 10.5 Å². The van der Waals surface area contributed by atoms with Gasteiger partial charge in [-0.15, -0.1) is 0 Å². The minimum atomic E-state index is -0.485. The molecule has 3 aromatic rings. The first-order chi connectivity index (χ1) is 9.67. The Balaban J connectivity index is 2.05. The second-order valence-electron chi connectivity index (χ2n) is 4.29. The molecule has 0 aliphatic carbocycles. The summed E-state index contributed by atoms with van der Waals surface area (Å²) in [7, 11) is 1.61. The monoisotopic (exact) mass is 268 g/mol. The highest BCUT2D eigenvalue weighted by atomic mass is 16.5. The van der Waals surface area contributed by atoms with Gasteiger partial charge in [-0.1, -0.05) is 0 Å². The number of fused-ring (bicyclic) bond motifs is 1. The number of hydrogen-bond donors (Lipinski definition) is 1. The molecule has 0 unspecified atom stereocenters. The molecule has 0 radical (unpaired) electrons. The number of ether oxygens (including phenoxy) is 1. The van der Waals surface area contributed by atoms with Crippen LogP contribution in [0, 0.1) is 0 Å². The van der Waals surface area contributed by atoms with E-state index in [1.54, 1.807) is 25.3 Å². The zero-order valence-corrected chi connectivity index (χ0v) is 10.8. The average Bonchev–Trinajstić information content (AvgIpc) is 2.90. The second kappa shape index (κ2) is 4.70. The van der Waals surface area contributed by atoms with E-state index >= 15 is 0 Å². The Morgan fingerprint density at radius 2 is 1.95 bits per heavy atom. The Kier molecular flexibility index (Phi) is 2.87. The van der Waals surface area contributed by atoms with E-state index in [0.29, 0.717) is 22.6 Å². The number of carbonyl (C=O) groups excluding carboxylic acids is 1. The van der Waals surface area contributed by atoms with Gasteiger partial charge in [0.25, 0.3) is 0 Å². The number of amides is 1. The molecule has 0 aliphatic heterocycles. The van der Waals surface area contributed by atoms with Crippen molar-refractivity contribution >= 4 is 17.0 Å². The number of benzene rings is 2. The van der Waals surface area contributed by atoms with E-state index < -0.39 is 5.91 Å². The molecular weight excluding hydrogens is 256 g/mol. The summed E-state index contributed by atoms with van der Waals surface area (Å²) in [5.41, 5.74) is 7.70. The van der Waals surface area contributed by atoms with Crippen LogP contribution in [0.3, 0.4) is 0 Å². The number of hydrogen-bond acceptors (Lipinski definition) is 4. The third-order valence-corrected chi connectivity index (χ3v) is 3.01. The van der Waals surface area contributed by atoms with E-state index in [9.17, 15) is 4.79 Å². The minimum absolute atomic E-state index is 0.409. The lowest BCUT2D eigenvalue weighted by Gasteiger charge is -1.99. The van der Waals surface area contributed by atoms with E-state index in [0.717, 1.165) is 11.3 Å². The third-order valence-electron chi connectivity index (χ3n) is 3.01. The van der Waals surface area contributed by atoms with Gasteiger partial charge in [-0.2, -0.15) is 0 Å². The molecule has 1 heterocycles. The summed E-state index contributed by atoms with van der Waals surface area (Å²) >= 11 is 0. The van der Waals surface area contributed by atoms with Gasteiger partial charge in [0.1, 0.15) is 11.3 Å². The molecule has 0 saturated carbocycles. The van der Waals surface area contributed by atoms with Gasteiger partial charge in [-0.3, -0.25) is 4.79 Å². The normalized spacial score (nSPS) is 10.7. The molecule has 0 saturated heterocycles. The predicted molar refractivity (Wildman–Crippen MR) is 74.5 cm³/mol. The van der Waals surface area contributed by atoms with Crippen LogP contribution in [-0.4, -0.2) is 18.0 Å². The summed E-state index contributed by atoms with van der Waals surface area (Å²) in [5, 5.41) is 0. The number of carbonyl (C=O) groups is 1. The van der Waals surface area contributed by atoms with Crippen molar-refractivity contribution in [1.29, 1.82) is 0 Å².